The minimum Gasteiger partial charge on any atom is -0.480 e. The number of aliphatic hydroxyl groups excluding tert-OH is 2. The number of hydrogen-bond acceptors (Lipinski definition) is 6. The number of nitrogens with two attached hydrogens (primary N) is 1. The molecular weight excluding hydrogens is 206 g/mol. The molecule has 1 atom stereocenters. The zero-order valence-electron chi connectivity index (χ0n) is 8.13. The smallest absolute Gasteiger partial charge is 0.320 e. The summed E-state index contributed by atoms with van der Waals surface area (Å²) in [6.45, 7) is -0.958. The van der Waals surface area contributed by atoms with Crippen LogP contribution < -0.4 is 5.73 Å². The van der Waals surface area contributed by atoms with Gasteiger partial charge in [-0.2, -0.15) is 0 Å². The molecule has 0 aliphatic heterocycles. The Morgan fingerprint density at radius 3 is 2.20 bits per heavy atom. The van der Waals surface area contributed by atoms with Gasteiger partial charge in [-0.3, -0.25) is 9.59 Å². The van der Waals surface area contributed by atoms with E-state index in [0.717, 1.165) is 0 Å². The lowest BCUT2D eigenvalue weighted by Crippen LogP contribution is -2.32. The van der Waals surface area contributed by atoms with Crippen molar-refractivity contribution < 1.29 is 29.6 Å². The summed E-state index contributed by atoms with van der Waals surface area (Å²) < 4.78 is 4.59. The van der Waals surface area contributed by atoms with E-state index in [4.69, 9.17) is 21.1 Å². The first-order valence-corrected chi connectivity index (χ1v) is 4.40. The number of aliphatic hydroxyl groups is 2. The molecule has 88 valence electrons. The molecule has 1 unspecified atom stereocenters. The van der Waals surface area contributed by atoms with Crippen molar-refractivity contribution >= 4 is 11.9 Å². The van der Waals surface area contributed by atoms with E-state index in [1.807, 2.05) is 0 Å². The fraction of sp³-hybridized carbons (Fsp3) is 0.750. The number of carboxylic acid groups (broad SMARTS) is 1. The van der Waals surface area contributed by atoms with Gasteiger partial charge < -0.3 is 25.8 Å². The van der Waals surface area contributed by atoms with Crippen molar-refractivity contribution in [1.82, 2.24) is 0 Å². The van der Waals surface area contributed by atoms with Crippen molar-refractivity contribution in [1.29, 1.82) is 0 Å². The van der Waals surface area contributed by atoms with Gasteiger partial charge in [0.05, 0.1) is 13.2 Å². The predicted molar refractivity (Wildman–Crippen MR) is 48.9 cm³/mol. The molecule has 0 saturated carbocycles. The first kappa shape index (κ1) is 13.8. The van der Waals surface area contributed by atoms with Gasteiger partial charge in [0.25, 0.3) is 0 Å². The van der Waals surface area contributed by atoms with E-state index in [2.05, 4.69) is 4.74 Å². The van der Waals surface area contributed by atoms with Crippen LogP contribution in [-0.2, 0) is 14.3 Å². The van der Waals surface area contributed by atoms with Gasteiger partial charge in [0.15, 0.2) is 0 Å². The number of esters is 1. The Hall–Kier alpha value is -1.18. The van der Waals surface area contributed by atoms with Crippen LogP contribution in [0.4, 0.5) is 0 Å². The summed E-state index contributed by atoms with van der Waals surface area (Å²) in [5.41, 5.74) is 5.15. The fourth-order valence-electron chi connectivity index (χ4n) is 0.774. The summed E-state index contributed by atoms with van der Waals surface area (Å²) in [6, 6.07) is -1.11. The van der Waals surface area contributed by atoms with Crippen molar-refractivity contribution in [2.24, 2.45) is 5.73 Å². The summed E-state index contributed by atoms with van der Waals surface area (Å²) in [6.07, 6.45) is -1.17. The van der Waals surface area contributed by atoms with E-state index in [0.29, 0.717) is 0 Å². The van der Waals surface area contributed by atoms with Crippen LogP contribution in [0, 0.1) is 0 Å². The average molecular weight is 221 g/mol. The summed E-state index contributed by atoms with van der Waals surface area (Å²) in [5, 5.41) is 25.6. The molecular formula is C8H15NO6. The van der Waals surface area contributed by atoms with Crippen molar-refractivity contribution in [3.05, 3.63) is 0 Å². The normalized spacial score (nSPS) is 12.5. The zero-order valence-corrected chi connectivity index (χ0v) is 8.13. The second-order valence-electron chi connectivity index (χ2n) is 2.96. The number of hydrogen-bond donors (Lipinski definition) is 4. The molecule has 7 heteroatoms. The number of carbonyl (C=O) groups is 2. The van der Waals surface area contributed by atoms with Crippen LogP contribution in [-0.4, -0.2) is 52.6 Å². The minimum absolute atomic E-state index is 0.0439. The number of ether oxygens (including phenoxy) is 1. The molecule has 0 radical (unpaired) electrons. The van der Waals surface area contributed by atoms with Crippen LogP contribution >= 0.6 is 0 Å². The van der Waals surface area contributed by atoms with Gasteiger partial charge in [-0.05, 0) is 6.42 Å². The Morgan fingerprint density at radius 1 is 1.27 bits per heavy atom. The molecule has 0 amide bonds. The third kappa shape index (κ3) is 6.00. The van der Waals surface area contributed by atoms with Gasteiger partial charge in [-0.15, -0.1) is 0 Å². The van der Waals surface area contributed by atoms with Crippen molar-refractivity contribution in [2.45, 2.75) is 25.0 Å². The molecule has 0 fully saturated rings. The van der Waals surface area contributed by atoms with Gasteiger partial charge in [0.1, 0.15) is 12.1 Å². The summed E-state index contributed by atoms with van der Waals surface area (Å²) in [7, 11) is 0. The topological polar surface area (TPSA) is 130 Å². The maximum atomic E-state index is 11.0. The first-order valence-electron chi connectivity index (χ1n) is 4.40. The van der Waals surface area contributed by atoms with Crippen molar-refractivity contribution in [3.8, 4) is 0 Å². The molecule has 0 heterocycles. The molecule has 0 rings (SSSR count). The Balaban J connectivity index is 3.79. The van der Waals surface area contributed by atoms with Gasteiger partial charge in [-0.1, -0.05) is 0 Å². The van der Waals surface area contributed by atoms with Crippen LogP contribution in [0.25, 0.3) is 0 Å². The molecule has 5 N–H and O–H groups in total. The molecule has 0 aromatic rings. The summed E-state index contributed by atoms with van der Waals surface area (Å²) >= 11 is 0. The van der Waals surface area contributed by atoms with E-state index < -0.39 is 37.3 Å². The Labute approximate surface area is 86.5 Å². The Kier molecular flexibility index (Phi) is 6.59. The fourth-order valence-corrected chi connectivity index (χ4v) is 0.774. The second-order valence-corrected chi connectivity index (χ2v) is 2.96. The molecule has 0 bridgehead atoms. The highest BCUT2D eigenvalue weighted by atomic mass is 16.6. The second kappa shape index (κ2) is 7.16. The lowest BCUT2D eigenvalue weighted by Gasteiger charge is -2.13. The standard InChI is InChI=1S/C8H15NO6/c9-6(8(13)14)1-2-7(12)15-5(3-10)4-11/h5-6,10-11H,1-4,9H2,(H,13,14). The molecule has 7 nitrogen and oxygen atoms in total. The van der Waals surface area contributed by atoms with Crippen LogP contribution in [0.3, 0.4) is 0 Å². The molecule has 0 spiro atoms. The van der Waals surface area contributed by atoms with Crippen molar-refractivity contribution in [3.63, 3.8) is 0 Å². The highest BCUT2D eigenvalue weighted by Crippen LogP contribution is 2.00. The van der Waals surface area contributed by atoms with E-state index in [1.165, 1.54) is 0 Å². The predicted octanol–water partition coefficient (Wildman–Crippen LogP) is -1.93. The molecule has 0 aromatic carbocycles. The van der Waals surface area contributed by atoms with Crippen LogP contribution in [0.1, 0.15) is 12.8 Å². The maximum Gasteiger partial charge on any atom is 0.320 e. The number of carboxylic acids is 1. The Morgan fingerprint density at radius 2 is 1.80 bits per heavy atom. The molecule has 0 aliphatic carbocycles. The molecule has 0 aromatic heterocycles. The quantitative estimate of drug-likeness (QED) is 0.368. The molecule has 15 heavy (non-hydrogen) atoms. The van der Waals surface area contributed by atoms with Crippen LogP contribution in [0.2, 0.25) is 0 Å². The average Bonchev–Trinajstić information content (AvgIpc) is 2.22. The maximum absolute atomic E-state index is 11.0. The van der Waals surface area contributed by atoms with Crippen LogP contribution in [0.15, 0.2) is 0 Å². The monoisotopic (exact) mass is 221 g/mol. The zero-order chi connectivity index (χ0) is 11.8. The third-order valence-corrected chi connectivity index (χ3v) is 1.68. The van der Waals surface area contributed by atoms with E-state index in [-0.39, 0.29) is 12.8 Å². The molecule has 0 aliphatic rings. The first-order chi connectivity index (χ1) is 7.01. The SMILES string of the molecule is NC(CCC(=O)OC(CO)CO)C(=O)O. The highest BCUT2D eigenvalue weighted by Gasteiger charge is 2.16. The lowest BCUT2D eigenvalue weighted by atomic mass is 10.2. The van der Waals surface area contributed by atoms with E-state index in [1.54, 1.807) is 0 Å². The largest absolute Gasteiger partial charge is 0.480 e. The van der Waals surface area contributed by atoms with E-state index in [9.17, 15) is 9.59 Å². The number of rotatable bonds is 7. The Bertz CT molecular complexity index is 215. The van der Waals surface area contributed by atoms with E-state index >= 15 is 0 Å². The van der Waals surface area contributed by atoms with Gasteiger partial charge in [-0.25, -0.2) is 0 Å². The minimum atomic E-state index is -1.19. The number of carbonyl (C=O) groups excluding carboxylic acids is 1. The number of aliphatic carboxylic acids is 1. The van der Waals surface area contributed by atoms with Gasteiger partial charge in [0, 0.05) is 6.42 Å². The molecule has 0 saturated heterocycles. The lowest BCUT2D eigenvalue weighted by molar-refractivity contribution is -0.153. The summed E-state index contributed by atoms with van der Waals surface area (Å²) in [5.74, 6) is -1.89. The third-order valence-electron chi connectivity index (χ3n) is 1.68. The highest BCUT2D eigenvalue weighted by molar-refractivity contribution is 5.75. The van der Waals surface area contributed by atoms with Crippen molar-refractivity contribution in [2.75, 3.05) is 13.2 Å². The summed E-state index contributed by atoms with van der Waals surface area (Å²) in [4.78, 5) is 21.3. The van der Waals surface area contributed by atoms with Gasteiger partial charge in [0.2, 0.25) is 0 Å². The van der Waals surface area contributed by atoms with Gasteiger partial charge >= 0.3 is 11.9 Å². The van der Waals surface area contributed by atoms with Crippen LogP contribution in [0.5, 0.6) is 0 Å².